The van der Waals surface area contributed by atoms with E-state index in [2.05, 4.69) is 32.1 Å². The van der Waals surface area contributed by atoms with Crippen LogP contribution in [0.15, 0.2) is 21.6 Å². The number of thiophene rings is 1. The first kappa shape index (κ1) is 10.3. The van der Waals surface area contributed by atoms with Gasteiger partial charge in [-0.05, 0) is 28.8 Å². The molecular formula is C11H12N4OS. The summed E-state index contributed by atoms with van der Waals surface area (Å²) in [5.41, 5.74) is 8.03. The SMILES string of the molecule is Nc1nc2c(c(=O)[nH]1)NCC2Cc1ccsc1. The van der Waals surface area contributed by atoms with E-state index in [9.17, 15) is 4.79 Å². The monoisotopic (exact) mass is 248 g/mol. The zero-order valence-electron chi connectivity index (χ0n) is 9.06. The standard InChI is InChI=1S/C11H12N4OS/c12-11-14-8-7(3-6-1-2-17-5-6)4-13-9(8)10(16)15-11/h1-2,5,7,13H,3-4H2,(H3,12,14,15,16). The third-order valence-corrected chi connectivity index (χ3v) is 3.67. The van der Waals surface area contributed by atoms with Crippen LogP contribution in [-0.4, -0.2) is 16.5 Å². The number of nitrogen functional groups attached to an aromatic ring is 1. The molecular weight excluding hydrogens is 236 g/mol. The van der Waals surface area contributed by atoms with E-state index in [-0.39, 0.29) is 17.4 Å². The lowest BCUT2D eigenvalue weighted by atomic mass is 10.00. The summed E-state index contributed by atoms with van der Waals surface area (Å²) in [6, 6.07) is 2.10. The molecule has 0 aliphatic carbocycles. The average molecular weight is 248 g/mol. The third kappa shape index (κ3) is 1.80. The smallest absolute Gasteiger partial charge is 0.275 e. The Kier molecular flexibility index (Phi) is 2.36. The zero-order chi connectivity index (χ0) is 11.8. The summed E-state index contributed by atoms with van der Waals surface area (Å²) in [5, 5.41) is 7.27. The van der Waals surface area contributed by atoms with Crippen LogP contribution in [0.2, 0.25) is 0 Å². The van der Waals surface area contributed by atoms with Crippen LogP contribution in [-0.2, 0) is 6.42 Å². The summed E-state index contributed by atoms with van der Waals surface area (Å²) in [6.45, 7) is 0.741. The van der Waals surface area contributed by atoms with Crippen LogP contribution >= 0.6 is 11.3 Å². The van der Waals surface area contributed by atoms with Crippen LogP contribution in [0.1, 0.15) is 17.2 Å². The second-order valence-electron chi connectivity index (χ2n) is 4.12. The van der Waals surface area contributed by atoms with Gasteiger partial charge in [0.05, 0.1) is 5.69 Å². The minimum absolute atomic E-state index is 0.180. The van der Waals surface area contributed by atoms with E-state index < -0.39 is 0 Å². The van der Waals surface area contributed by atoms with Gasteiger partial charge in [-0.25, -0.2) is 4.98 Å². The summed E-state index contributed by atoms with van der Waals surface area (Å²) in [5.74, 6) is 0.414. The fourth-order valence-electron chi connectivity index (χ4n) is 2.16. The lowest BCUT2D eigenvalue weighted by molar-refractivity contribution is 0.731. The number of aromatic amines is 1. The van der Waals surface area contributed by atoms with Gasteiger partial charge in [0.2, 0.25) is 5.95 Å². The van der Waals surface area contributed by atoms with Gasteiger partial charge < -0.3 is 11.1 Å². The van der Waals surface area contributed by atoms with E-state index in [1.54, 1.807) is 11.3 Å². The summed E-state index contributed by atoms with van der Waals surface area (Å²) in [7, 11) is 0. The van der Waals surface area contributed by atoms with E-state index in [0.717, 1.165) is 18.7 Å². The Labute approximate surface area is 102 Å². The number of nitrogens with two attached hydrogens (primary N) is 1. The molecule has 2 aromatic rings. The van der Waals surface area contributed by atoms with Crippen molar-refractivity contribution in [2.45, 2.75) is 12.3 Å². The molecule has 17 heavy (non-hydrogen) atoms. The van der Waals surface area contributed by atoms with Crippen molar-refractivity contribution in [3.63, 3.8) is 0 Å². The van der Waals surface area contributed by atoms with Crippen LogP contribution in [0.25, 0.3) is 0 Å². The molecule has 1 aliphatic rings. The number of hydrogen-bond acceptors (Lipinski definition) is 5. The van der Waals surface area contributed by atoms with Crippen molar-refractivity contribution in [2.75, 3.05) is 17.6 Å². The summed E-state index contributed by atoms with van der Waals surface area (Å²) in [6.07, 6.45) is 0.888. The number of nitrogens with zero attached hydrogens (tertiary/aromatic N) is 1. The maximum absolute atomic E-state index is 11.6. The van der Waals surface area contributed by atoms with Crippen molar-refractivity contribution < 1.29 is 0 Å². The number of aromatic nitrogens is 2. The number of rotatable bonds is 2. The lowest BCUT2D eigenvalue weighted by Crippen LogP contribution is -2.14. The second kappa shape index (κ2) is 3.89. The van der Waals surface area contributed by atoms with Crippen LogP contribution in [0.3, 0.4) is 0 Å². The predicted molar refractivity (Wildman–Crippen MR) is 68.5 cm³/mol. The Bertz CT molecular complexity index is 590. The maximum atomic E-state index is 11.6. The maximum Gasteiger partial charge on any atom is 0.275 e. The molecule has 6 heteroatoms. The molecule has 0 aromatic carbocycles. The van der Waals surface area contributed by atoms with Crippen molar-refractivity contribution >= 4 is 23.0 Å². The van der Waals surface area contributed by atoms with Crippen molar-refractivity contribution in [3.05, 3.63) is 38.4 Å². The Morgan fingerprint density at radius 2 is 2.47 bits per heavy atom. The molecule has 1 atom stereocenters. The van der Waals surface area contributed by atoms with Crippen molar-refractivity contribution in [3.8, 4) is 0 Å². The van der Waals surface area contributed by atoms with Gasteiger partial charge >= 0.3 is 0 Å². The number of nitrogens with one attached hydrogen (secondary N) is 2. The van der Waals surface area contributed by atoms with Crippen molar-refractivity contribution in [2.24, 2.45) is 0 Å². The molecule has 2 aromatic heterocycles. The van der Waals surface area contributed by atoms with Gasteiger partial charge in [0.1, 0.15) is 5.69 Å². The highest BCUT2D eigenvalue weighted by Crippen LogP contribution is 2.30. The molecule has 1 unspecified atom stereocenters. The second-order valence-corrected chi connectivity index (χ2v) is 4.90. The molecule has 0 fully saturated rings. The quantitative estimate of drug-likeness (QED) is 0.744. The minimum Gasteiger partial charge on any atom is -0.378 e. The van der Waals surface area contributed by atoms with Crippen molar-refractivity contribution in [1.29, 1.82) is 0 Å². The Morgan fingerprint density at radius 3 is 3.24 bits per heavy atom. The molecule has 4 N–H and O–H groups in total. The number of H-pyrrole nitrogens is 1. The first-order valence-corrected chi connectivity index (χ1v) is 6.33. The highest BCUT2D eigenvalue weighted by Gasteiger charge is 2.26. The molecule has 0 radical (unpaired) electrons. The molecule has 88 valence electrons. The highest BCUT2D eigenvalue weighted by atomic mass is 32.1. The summed E-state index contributed by atoms with van der Waals surface area (Å²) >= 11 is 1.68. The van der Waals surface area contributed by atoms with E-state index >= 15 is 0 Å². The Morgan fingerprint density at radius 1 is 1.59 bits per heavy atom. The van der Waals surface area contributed by atoms with Crippen LogP contribution in [0.5, 0.6) is 0 Å². The Hall–Kier alpha value is -1.82. The van der Waals surface area contributed by atoms with E-state index in [0.29, 0.717) is 5.69 Å². The van der Waals surface area contributed by atoms with Crippen molar-refractivity contribution in [1.82, 2.24) is 9.97 Å². The van der Waals surface area contributed by atoms with Gasteiger partial charge in [0.15, 0.2) is 0 Å². The van der Waals surface area contributed by atoms with Crippen LogP contribution in [0.4, 0.5) is 11.6 Å². The van der Waals surface area contributed by atoms with E-state index in [1.807, 2.05) is 0 Å². The summed E-state index contributed by atoms with van der Waals surface area (Å²) < 4.78 is 0. The number of hydrogen-bond donors (Lipinski definition) is 3. The fraction of sp³-hybridized carbons (Fsp3) is 0.273. The molecule has 0 saturated carbocycles. The molecule has 3 rings (SSSR count). The highest BCUT2D eigenvalue weighted by molar-refractivity contribution is 7.07. The largest absolute Gasteiger partial charge is 0.378 e. The third-order valence-electron chi connectivity index (χ3n) is 2.94. The van der Waals surface area contributed by atoms with Gasteiger partial charge in [0, 0.05) is 12.5 Å². The van der Waals surface area contributed by atoms with E-state index in [4.69, 9.17) is 5.73 Å². The van der Waals surface area contributed by atoms with Crippen LogP contribution in [0, 0.1) is 0 Å². The summed E-state index contributed by atoms with van der Waals surface area (Å²) in [4.78, 5) is 18.4. The topological polar surface area (TPSA) is 83.8 Å². The molecule has 3 heterocycles. The van der Waals surface area contributed by atoms with E-state index in [1.165, 1.54) is 5.56 Å². The fourth-order valence-corrected chi connectivity index (χ4v) is 2.84. The average Bonchev–Trinajstić information content (AvgIpc) is 2.89. The Balaban J connectivity index is 1.96. The first-order chi connectivity index (χ1) is 8.24. The normalized spacial score (nSPS) is 17.8. The molecule has 0 spiro atoms. The molecule has 1 aliphatic heterocycles. The molecule has 5 nitrogen and oxygen atoms in total. The first-order valence-electron chi connectivity index (χ1n) is 5.38. The van der Waals surface area contributed by atoms with Gasteiger partial charge in [-0.15, -0.1) is 0 Å². The van der Waals surface area contributed by atoms with Gasteiger partial charge in [-0.2, -0.15) is 11.3 Å². The van der Waals surface area contributed by atoms with Crippen LogP contribution < -0.4 is 16.6 Å². The molecule has 0 saturated heterocycles. The molecule has 0 amide bonds. The number of anilines is 2. The van der Waals surface area contributed by atoms with Gasteiger partial charge in [-0.1, -0.05) is 0 Å². The number of fused-ring (bicyclic) bond motifs is 1. The molecule has 0 bridgehead atoms. The predicted octanol–water partition coefficient (Wildman–Crippen LogP) is 1.17. The lowest BCUT2D eigenvalue weighted by Gasteiger charge is -2.07. The van der Waals surface area contributed by atoms with Gasteiger partial charge in [0.25, 0.3) is 5.56 Å². The van der Waals surface area contributed by atoms with Gasteiger partial charge in [-0.3, -0.25) is 9.78 Å². The zero-order valence-corrected chi connectivity index (χ0v) is 9.88. The minimum atomic E-state index is -0.180.